The van der Waals surface area contributed by atoms with Gasteiger partial charge in [-0.2, -0.15) is 0 Å². The van der Waals surface area contributed by atoms with E-state index in [1.165, 1.54) is 19.4 Å². The number of amides is 1. The molecular formula is C11H19BrN2O. The van der Waals surface area contributed by atoms with Gasteiger partial charge in [0.1, 0.15) is 0 Å². The Balaban J connectivity index is 1.97. The zero-order valence-corrected chi connectivity index (χ0v) is 10.9. The summed E-state index contributed by atoms with van der Waals surface area (Å²) in [6.07, 6.45) is 3.21. The van der Waals surface area contributed by atoms with Gasteiger partial charge >= 0.3 is 0 Å². The normalized spacial score (nSPS) is 31.7. The minimum atomic E-state index is 0.311. The van der Waals surface area contributed by atoms with Crippen molar-refractivity contribution < 1.29 is 4.79 Å². The number of nitrogens with zero attached hydrogens (tertiary/aromatic N) is 2. The van der Waals surface area contributed by atoms with Gasteiger partial charge in [0.15, 0.2) is 0 Å². The van der Waals surface area contributed by atoms with Crippen LogP contribution in [0.1, 0.15) is 26.2 Å². The Morgan fingerprint density at radius 2 is 2.27 bits per heavy atom. The second-order valence-electron chi connectivity index (χ2n) is 4.63. The van der Waals surface area contributed by atoms with Crippen LogP contribution < -0.4 is 0 Å². The Labute approximate surface area is 99.9 Å². The Bertz CT molecular complexity index is 247. The minimum Gasteiger partial charge on any atom is -0.337 e. The van der Waals surface area contributed by atoms with E-state index in [1.807, 2.05) is 0 Å². The zero-order valence-electron chi connectivity index (χ0n) is 9.29. The second-order valence-corrected chi connectivity index (χ2v) is 5.42. The maximum atomic E-state index is 11.9. The number of hydrogen-bond donors (Lipinski definition) is 0. The first kappa shape index (κ1) is 11.4. The number of rotatable bonds is 2. The van der Waals surface area contributed by atoms with Crippen LogP contribution >= 0.6 is 15.9 Å². The highest BCUT2D eigenvalue weighted by Gasteiger charge is 2.35. The van der Waals surface area contributed by atoms with Gasteiger partial charge in [-0.3, -0.25) is 9.69 Å². The Hall–Kier alpha value is -0.0900. The smallest absolute Gasteiger partial charge is 0.223 e. The molecule has 2 aliphatic heterocycles. The zero-order chi connectivity index (χ0) is 10.8. The molecule has 0 radical (unpaired) electrons. The molecule has 4 heteroatoms. The van der Waals surface area contributed by atoms with Crippen LogP contribution in [0.2, 0.25) is 0 Å². The lowest BCUT2D eigenvalue weighted by atomic mass is 10.1. The molecule has 2 heterocycles. The van der Waals surface area contributed by atoms with E-state index in [0.717, 1.165) is 18.4 Å². The Kier molecular flexibility index (Phi) is 3.67. The van der Waals surface area contributed by atoms with Gasteiger partial charge in [-0.25, -0.2) is 0 Å². The van der Waals surface area contributed by atoms with E-state index in [0.29, 0.717) is 24.4 Å². The molecule has 0 aromatic rings. The molecule has 0 saturated carbocycles. The summed E-state index contributed by atoms with van der Waals surface area (Å²) in [4.78, 5) is 16.5. The average Bonchev–Trinajstić information content (AvgIpc) is 2.63. The number of hydrogen-bond acceptors (Lipinski definition) is 2. The molecule has 2 fully saturated rings. The van der Waals surface area contributed by atoms with Crippen LogP contribution in [0.5, 0.6) is 0 Å². The van der Waals surface area contributed by atoms with Gasteiger partial charge in [0.05, 0.1) is 0 Å². The highest BCUT2D eigenvalue weighted by Crippen LogP contribution is 2.24. The van der Waals surface area contributed by atoms with E-state index in [4.69, 9.17) is 0 Å². The van der Waals surface area contributed by atoms with Crippen LogP contribution in [0, 0.1) is 0 Å². The van der Waals surface area contributed by atoms with Crippen molar-refractivity contribution in [3.05, 3.63) is 0 Å². The van der Waals surface area contributed by atoms with E-state index >= 15 is 0 Å². The van der Waals surface area contributed by atoms with E-state index in [2.05, 4.69) is 32.7 Å². The molecule has 2 unspecified atom stereocenters. The first-order valence-corrected chi connectivity index (χ1v) is 6.94. The van der Waals surface area contributed by atoms with Crippen LogP contribution in [0.4, 0.5) is 0 Å². The highest BCUT2D eigenvalue weighted by atomic mass is 79.9. The molecule has 2 rings (SSSR count). The van der Waals surface area contributed by atoms with Crippen molar-refractivity contribution in [2.24, 2.45) is 0 Å². The standard InChI is InChI=1S/C11H19BrN2O/c1-9-7-13-6-2-3-10(13)8-14(9)11(15)4-5-12/h9-10H,2-8H2,1H3. The molecule has 0 bridgehead atoms. The predicted octanol–water partition coefficient (Wildman–Crippen LogP) is 1.47. The molecular weight excluding hydrogens is 256 g/mol. The summed E-state index contributed by atoms with van der Waals surface area (Å²) < 4.78 is 0. The molecule has 0 spiro atoms. The van der Waals surface area contributed by atoms with Crippen LogP contribution in [-0.2, 0) is 4.79 Å². The van der Waals surface area contributed by atoms with Crippen LogP contribution in [-0.4, -0.2) is 52.8 Å². The third-order valence-electron chi connectivity index (χ3n) is 3.57. The topological polar surface area (TPSA) is 23.6 Å². The van der Waals surface area contributed by atoms with Gasteiger partial charge in [0.25, 0.3) is 0 Å². The molecule has 0 aromatic carbocycles. The molecule has 0 N–H and O–H groups in total. The van der Waals surface area contributed by atoms with Crippen molar-refractivity contribution >= 4 is 21.8 Å². The van der Waals surface area contributed by atoms with Crippen molar-refractivity contribution in [1.82, 2.24) is 9.80 Å². The van der Waals surface area contributed by atoms with E-state index in [-0.39, 0.29) is 0 Å². The fourth-order valence-corrected chi connectivity index (χ4v) is 3.10. The van der Waals surface area contributed by atoms with Crippen molar-refractivity contribution in [2.45, 2.75) is 38.3 Å². The van der Waals surface area contributed by atoms with E-state index < -0.39 is 0 Å². The molecule has 86 valence electrons. The molecule has 2 atom stereocenters. The molecule has 2 saturated heterocycles. The van der Waals surface area contributed by atoms with E-state index in [1.54, 1.807) is 0 Å². The number of alkyl halides is 1. The lowest BCUT2D eigenvalue weighted by Crippen LogP contribution is -2.56. The van der Waals surface area contributed by atoms with Crippen molar-refractivity contribution in [1.29, 1.82) is 0 Å². The summed E-state index contributed by atoms with van der Waals surface area (Å²) in [6, 6.07) is 1.03. The summed E-state index contributed by atoms with van der Waals surface area (Å²) in [5.74, 6) is 0.311. The summed E-state index contributed by atoms with van der Waals surface area (Å²) >= 11 is 3.34. The molecule has 2 aliphatic rings. The molecule has 3 nitrogen and oxygen atoms in total. The molecule has 15 heavy (non-hydrogen) atoms. The van der Waals surface area contributed by atoms with E-state index in [9.17, 15) is 4.79 Å². The SMILES string of the molecule is CC1CN2CCCC2CN1C(=O)CCBr. The van der Waals surface area contributed by atoms with Crippen molar-refractivity contribution in [3.63, 3.8) is 0 Å². The maximum absolute atomic E-state index is 11.9. The number of carbonyl (C=O) groups excluding carboxylic acids is 1. The van der Waals surface area contributed by atoms with Gasteiger partial charge in [-0.1, -0.05) is 15.9 Å². The Morgan fingerprint density at radius 3 is 3.00 bits per heavy atom. The first-order chi connectivity index (χ1) is 7.22. The lowest BCUT2D eigenvalue weighted by Gasteiger charge is -2.42. The predicted molar refractivity (Wildman–Crippen MR) is 64.2 cm³/mol. The summed E-state index contributed by atoms with van der Waals surface area (Å²) in [7, 11) is 0. The quantitative estimate of drug-likeness (QED) is 0.712. The van der Waals surface area contributed by atoms with Gasteiger partial charge in [-0.05, 0) is 26.3 Å². The van der Waals surface area contributed by atoms with Crippen molar-refractivity contribution in [2.75, 3.05) is 25.0 Å². The van der Waals surface area contributed by atoms with Gasteiger partial charge in [-0.15, -0.1) is 0 Å². The fourth-order valence-electron chi connectivity index (χ4n) is 2.76. The molecule has 1 amide bonds. The number of fused-ring (bicyclic) bond motifs is 1. The maximum Gasteiger partial charge on any atom is 0.223 e. The lowest BCUT2D eigenvalue weighted by molar-refractivity contribution is -0.136. The van der Waals surface area contributed by atoms with Crippen LogP contribution in [0.15, 0.2) is 0 Å². The van der Waals surface area contributed by atoms with Crippen LogP contribution in [0.25, 0.3) is 0 Å². The van der Waals surface area contributed by atoms with Crippen molar-refractivity contribution in [3.8, 4) is 0 Å². The molecule has 0 aromatic heterocycles. The summed E-state index contributed by atoms with van der Waals surface area (Å²) in [5, 5.41) is 0.781. The van der Waals surface area contributed by atoms with Crippen LogP contribution in [0.3, 0.4) is 0 Å². The summed E-state index contributed by atoms with van der Waals surface area (Å²) in [6.45, 7) is 5.42. The molecule has 0 aliphatic carbocycles. The van der Waals surface area contributed by atoms with Gasteiger partial charge < -0.3 is 4.90 Å². The third kappa shape index (κ3) is 2.36. The largest absolute Gasteiger partial charge is 0.337 e. The minimum absolute atomic E-state index is 0.311. The monoisotopic (exact) mass is 274 g/mol. The Morgan fingerprint density at radius 1 is 1.47 bits per heavy atom. The first-order valence-electron chi connectivity index (χ1n) is 5.82. The third-order valence-corrected chi connectivity index (χ3v) is 3.96. The average molecular weight is 275 g/mol. The highest BCUT2D eigenvalue weighted by molar-refractivity contribution is 9.09. The fraction of sp³-hybridized carbons (Fsp3) is 0.909. The number of carbonyl (C=O) groups is 1. The number of piperazine rings is 1. The summed E-state index contributed by atoms with van der Waals surface area (Å²) in [5.41, 5.74) is 0. The van der Waals surface area contributed by atoms with Gasteiger partial charge in [0.2, 0.25) is 5.91 Å². The second kappa shape index (κ2) is 4.83. The number of halogens is 1. The van der Waals surface area contributed by atoms with Gasteiger partial charge in [0, 0.05) is 36.9 Å².